The van der Waals surface area contributed by atoms with Crippen LogP contribution in [0.5, 0.6) is 5.75 Å². The van der Waals surface area contributed by atoms with Crippen molar-refractivity contribution in [2.24, 2.45) is 0 Å². The zero-order chi connectivity index (χ0) is 22.6. The van der Waals surface area contributed by atoms with E-state index in [9.17, 15) is 18.0 Å². The molecular formula is C22H22F3N3O2S. The largest absolute Gasteiger partial charge is 0.493 e. The van der Waals surface area contributed by atoms with Crippen molar-refractivity contribution < 1.29 is 22.7 Å². The molecule has 3 rings (SSSR count). The number of aromatic nitrogens is 1. The van der Waals surface area contributed by atoms with Crippen LogP contribution in [0.4, 0.5) is 24.5 Å². The van der Waals surface area contributed by atoms with Gasteiger partial charge in [0.2, 0.25) is 5.91 Å². The highest BCUT2D eigenvalue weighted by Crippen LogP contribution is 2.37. The topological polar surface area (TPSA) is 54.5 Å². The van der Waals surface area contributed by atoms with Crippen molar-refractivity contribution in [2.45, 2.75) is 19.5 Å². The van der Waals surface area contributed by atoms with Gasteiger partial charge in [0.05, 0.1) is 35.5 Å². The van der Waals surface area contributed by atoms with E-state index in [0.29, 0.717) is 28.7 Å². The predicted octanol–water partition coefficient (Wildman–Crippen LogP) is 5.47. The molecule has 1 heterocycles. The minimum atomic E-state index is -4.59. The van der Waals surface area contributed by atoms with Crippen LogP contribution >= 0.6 is 11.3 Å². The minimum Gasteiger partial charge on any atom is -0.493 e. The average molecular weight is 449 g/mol. The van der Waals surface area contributed by atoms with Gasteiger partial charge >= 0.3 is 6.18 Å². The van der Waals surface area contributed by atoms with E-state index in [0.717, 1.165) is 11.6 Å². The van der Waals surface area contributed by atoms with Crippen molar-refractivity contribution in [3.63, 3.8) is 0 Å². The molecule has 1 amide bonds. The molecule has 0 saturated heterocycles. The van der Waals surface area contributed by atoms with E-state index < -0.39 is 17.6 Å². The zero-order valence-electron chi connectivity index (χ0n) is 17.3. The third kappa shape index (κ3) is 5.55. The van der Waals surface area contributed by atoms with Gasteiger partial charge in [-0.25, -0.2) is 4.98 Å². The monoisotopic (exact) mass is 449 g/mol. The number of para-hydroxylation sites is 1. The summed E-state index contributed by atoms with van der Waals surface area (Å²) in [6, 6.07) is 11.2. The first-order valence-electron chi connectivity index (χ1n) is 9.54. The maximum Gasteiger partial charge on any atom is 0.418 e. The molecule has 164 valence electrons. The normalized spacial score (nSPS) is 11.3. The smallest absolute Gasteiger partial charge is 0.418 e. The second-order valence-corrected chi connectivity index (χ2v) is 7.78. The Morgan fingerprint density at radius 1 is 1.19 bits per heavy atom. The Hall–Kier alpha value is -3.07. The number of ether oxygens (including phenoxy) is 1. The third-order valence-electron chi connectivity index (χ3n) is 4.41. The molecule has 0 fully saturated rings. The van der Waals surface area contributed by atoms with Crippen LogP contribution in [0.3, 0.4) is 0 Å². The van der Waals surface area contributed by atoms with Crippen LogP contribution in [0.2, 0.25) is 0 Å². The van der Waals surface area contributed by atoms with E-state index in [2.05, 4.69) is 10.3 Å². The molecule has 1 aromatic heterocycles. The van der Waals surface area contributed by atoms with Gasteiger partial charge < -0.3 is 15.0 Å². The summed E-state index contributed by atoms with van der Waals surface area (Å²) in [7, 11) is 3.30. The van der Waals surface area contributed by atoms with Crippen molar-refractivity contribution >= 4 is 28.6 Å². The first-order chi connectivity index (χ1) is 14.7. The van der Waals surface area contributed by atoms with Gasteiger partial charge in [-0.05, 0) is 37.3 Å². The molecule has 0 aliphatic heterocycles. The molecule has 5 nitrogen and oxygen atoms in total. The molecule has 2 aromatic carbocycles. The van der Waals surface area contributed by atoms with Crippen molar-refractivity contribution in [2.75, 3.05) is 30.9 Å². The zero-order valence-corrected chi connectivity index (χ0v) is 18.1. The van der Waals surface area contributed by atoms with Gasteiger partial charge in [-0.1, -0.05) is 12.1 Å². The maximum atomic E-state index is 13.5. The van der Waals surface area contributed by atoms with Gasteiger partial charge in [0, 0.05) is 25.2 Å². The molecular weight excluding hydrogens is 427 g/mol. The van der Waals surface area contributed by atoms with Gasteiger partial charge in [0.25, 0.3) is 0 Å². The van der Waals surface area contributed by atoms with E-state index >= 15 is 0 Å². The summed E-state index contributed by atoms with van der Waals surface area (Å²) >= 11 is 1.35. The molecule has 1 N–H and O–H groups in total. The molecule has 0 bridgehead atoms. The van der Waals surface area contributed by atoms with Gasteiger partial charge in [0.15, 0.2) is 0 Å². The Morgan fingerprint density at radius 2 is 1.94 bits per heavy atom. The fraction of sp³-hybridized carbons (Fsp3) is 0.273. The fourth-order valence-electron chi connectivity index (χ4n) is 2.95. The first kappa shape index (κ1) is 22.6. The van der Waals surface area contributed by atoms with Crippen molar-refractivity contribution in [1.82, 2.24) is 4.98 Å². The number of hydrogen-bond donors (Lipinski definition) is 1. The highest BCUT2D eigenvalue weighted by atomic mass is 32.1. The number of nitrogens with zero attached hydrogens (tertiary/aromatic N) is 2. The lowest BCUT2D eigenvalue weighted by molar-refractivity contribution is -0.136. The Bertz CT molecular complexity index is 1060. The van der Waals surface area contributed by atoms with Crippen LogP contribution in [-0.2, 0) is 17.4 Å². The number of nitrogens with one attached hydrogen (secondary N) is 1. The molecule has 0 atom stereocenters. The first-order valence-corrected chi connectivity index (χ1v) is 10.4. The number of amides is 1. The highest BCUT2D eigenvalue weighted by molar-refractivity contribution is 7.13. The van der Waals surface area contributed by atoms with Gasteiger partial charge in [-0.2, -0.15) is 13.2 Å². The lowest BCUT2D eigenvalue weighted by atomic mass is 10.1. The van der Waals surface area contributed by atoms with E-state index in [1.165, 1.54) is 23.5 Å². The quantitative estimate of drug-likeness (QED) is 0.519. The van der Waals surface area contributed by atoms with E-state index in [1.807, 2.05) is 31.2 Å². The number of anilines is 2. The van der Waals surface area contributed by atoms with Crippen molar-refractivity contribution in [3.8, 4) is 16.3 Å². The molecule has 9 heteroatoms. The second-order valence-electron chi connectivity index (χ2n) is 6.92. The number of rotatable bonds is 7. The molecule has 0 radical (unpaired) electrons. The third-order valence-corrected chi connectivity index (χ3v) is 5.33. The van der Waals surface area contributed by atoms with Gasteiger partial charge in [0.1, 0.15) is 10.8 Å². The predicted molar refractivity (Wildman–Crippen MR) is 117 cm³/mol. The molecule has 0 aliphatic carbocycles. The van der Waals surface area contributed by atoms with Crippen LogP contribution < -0.4 is 15.0 Å². The summed E-state index contributed by atoms with van der Waals surface area (Å²) in [6.45, 7) is 2.39. The molecule has 0 aliphatic rings. The van der Waals surface area contributed by atoms with Crippen LogP contribution in [0.25, 0.3) is 10.6 Å². The van der Waals surface area contributed by atoms with Crippen molar-refractivity contribution in [1.29, 1.82) is 0 Å². The second kappa shape index (κ2) is 9.38. The van der Waals surface area contributed by atoms with Crippen LogP contribution in [0.15, 0.2) is 47.8 Å². The number of alkyl halides is 3. The molecule has 3 aromatic rings. The Labute approximate surface area is 182 Å². The number of hydrogen-bond acceptors (Lipinski definition) is 5. The van der Waals surface area contributed by atoms with Crippen LogP contribution in [0, 0.1) is 0 Å². The molecule has 0 spiro atoms. The Balaban J connectivity index is 1.77. The summed E-state index contributed by atoms with van der Waals surface area (Å²) in [5.41, 5.74) is 0.501. The summed E-state index contributed by atoms with van der Waals surface area (Å²) in [5, 5.41) is 4.77. The number of benzene rings is 2. The minimum absolute atomic E-state index is 0.139. The summed E-state index contributed by atoms with van der Waals surface area (Å²) < 4.78 is 46.0. The number of carbonyl (C=O) groups is 1. The highest BCUT2D eigenvalue weighted by Gasteiger charge is 2.34. The average Bonchev–Trinajstić information content (AvgIpc) is 3.16. The molecule has 0 saturated carbocycles. The SMILES string of the molecule is CCOc1ccccc1-c1nc(CC(=O)Nc2ccc(N(C)C)cc2C(F)(F)F)cs1. The summed E-state index contributed by atoms with van der Waals surface area (Å²) in [6.07, 6.45) is -4.73. The molecule has 31 heavy (non-hydrogen) atoms. The number of carbonyl (C=O) groups excluding carboxylic acids is 1. The Kier molecular flexibility index (Phi) is 6.84. The summed E-state index contributed by atoms with van der Waals surface area (Å²) in [4.78, 5) is 18.5. The lowest BCUT2D eigenvalue weighted by Crippen LogP contribution is -2.19. The number of halogens is 3. The standard InChI is InChI=1S/C22H22F3N3O2S/c1-4-30-19-8-6-5-7-16(19)21-26-14(13-31-21)11-20(29)27-18-10-9-15(28(2)3)12-17(18)22(23,24)25/h5-10,12-13H,4,11H2,1-3H3,(H,27,29). The van der Waals surface area contributed by atoms with E-state index in [1.54, 1.807) is 24.4 Å². The fourth-order valence-corrected chi connectivity index (χ4v) is 3.80. The van der Waals surface area contributed by atoms with Gasteiger partial charge in [-0.3, -0.25) is 4.79 Å². The lowest BCUT2D eigenvalue weighted by Gasteiger charge is -2.18. The summed E-state index contributed by atoms with van der Waals surface area (Å²) in [5.74, 6) is 0.115. The molecule has 0 unspecified atom stereocenters. The van der Waals surface area contributed by atoms with Crippen LogP contribution in [0.1, 0.15) is 18.2 Å². The van der Waals surface area contributed by atoms with Crippen molar-refractivity contribution in [3.05, 3.63) is 59.1 Å². The maximum absolute atomic E-state index is 13.5. The number of thiazole rings is 1. The van der Waals surface area contributed by atoms with E-state index in [-0.39, 0.29) is 12.1 Å². The Morgan fingerprint density at radius 3 is 2.61 bits per heavy atom. The van der Waals surface area contributed by atoms with Crippen LogP contribution in [-0.4, -0.2) is 31.6 Å². The van der Waals surface area contributed by atoms with E-state index in [4.69, 9.17) is 4.74 Å². The van der Waals surface area contributed by atoms with Gasteiger partial charge in [-0.15, -0.1) is 11.3 Å².